The third kappa shape index (κ3) is 5.07. The second kappa shape index (κ2) is 8.83. The molecule has 1 aromatic heterocycles. The molecule has 0 fully saturated rings. The normalized spacial score (nSPS) is 11.5. The van der Waals surface area contributed by atoms with Crippen LogP contribution in [0.2, 0.25) is 0 Å². The summed E-state index contributed by atoms with van der Waals surface area (Å²) in [5.74, 6) is -0.726. The highest BCUT2D eigenvalue weighted by Crippen LogP contribution is 2.16. The van der Waals surface area contributed by atoms with Crippen molar-refractivity contribution in [3.8, 4) is 11.3 Å². The number of amides is 2. The average Bonchev–Trinajstić information content (AvgIpc) is 3.23. The standard InChI is InChI=1S/C21H22N6O2/c1-13(20(28)24-12-14-7-9-16(10-8-14)19(22)23)25-21(29)18-11-17(26-27-18)15-5-3-2-4-6-15/h2-11,13H,12H2,1H3,(H3,22,23)(H,24,28)(H,25,29)(H,26,27)/t13-/m0/s1. The van der Waals surface area contributed by atoms with E-state index in [1.165, 1.54) is 0 Å². The molecule has 8 nitrogen and oxygen atoms in total. The highest BCUT2D eigenvalue weighted by atomic mass is 16.2. The number of carbonyl (C=O) groups excluding carboxylic acids is 2. The van der Waals surface area contributed by atoms with Crippen LogP contribution in [-0.2, 0) is 11.3 Å². The molecule has 0 saturated carbocycles. The fourth-order valence-electron chi connectivity index (χ4n) is 2.68. The van der Waals surface area contributed by atoms with E-state index >= 15 is 0 Å². The van der Waals surface area contributed by atoms with E-state index in [2.05, 4.69) is 20.8 Å². The molecule has 0 spiro atoms. The summed E-state index contributed by atoms with van der Waals surface area (Å²) in [6.45, 7) is 1.92. The molecule has 1 heterocycles. The SMILES string of the molecule is C[C@H](NC(=O)c1cc(-c2ccccc2)n[nH]1)C(=O)NCc1ccc(C(=N)N)cc1. The first-order chi connectivity index (χ1) is 13.9. The number of aromatic nitrogens is 2. The number of rotatable bonds is 7. The second-order valence-electron chi connectivity index (χ2n) is 6.56. The molecule has 0 bridgehead atoms. The fraction of sp³-hybridized carbons (Fsp3) is 0.143. The van der Waals surface area contributed by atoms with Gasteiger partial charge in [0, 0.05) is 17.7 Å². The first-order valence-electron chi connectivity index (χ1n) is 9.07. The van der Waals surface area contributed by atoms with Crippen molar-refractivity contribution in [2.75, 3.05) is 0 Å². The highest BCUT2D eigenvalue weighted by Gasteiger charge is 2.18. The molecule has 6 N–H and O–H groups in total. The number of H-pyrrole nitrogens is 1. The van der Waals surface area contributed by atoms with Crippen LogP contribution in [0.15, 0.2) is 60.7 Å². The van der Waals surface area contributed by atoms with Crippen LogP contribution in [0.3, 0.4) is 0 Å². The van der Waals surface area contributed by atoms with Crippen LogP contribution in [0.1, 0.15) is 28.5 Å². The molecule has 29 heavy (non-hydrogen) atoms. The predicted molar refractivity (Wildman–Crippen MR) is 110 cm³/mol. The number of nitrogens with two attached hydrogens (primary N) is 1. The molecule has 1 atom stereocenters. The van der Waals surface area contributed by atoms with Crippen molar-refractivity contribution in [2.45, 2.75) is 19.5 Å². The summed E-state index contributed by atoms with van der Waals surface area (Å²) < 4.78 is 0. The molecule has 0 aliphatic carbocycles. The molecule has 8 heteroatoms. The van der Waals surface area contributed by atoms with Gasteiger partial charge in [0.25, 0.3) is 5.91 Å². The van der Waals surface area contributed by atoms with Gasteiger partial charge < -0.3 is 16.4 Å². The molecule has 0 aliphatic heterocycles. The summed E-state index contributed by atoms with van der Waals surface area (Å²) in [5.41, 5.74) is 8.73. The highest BCUT2D eigenvalue weighted by molar-refractivity contribution is 5.97. The number of hydrogen-bond donors (Lipinski definition) is 5. The molecule has 148 valence electrons. The van der Waals surface area contributed by atoms with Crippen LogP contribution >= 0.6 is 0 Å². The van der Waals surface area contributed by atoms with Gasteiger partial charge in [-0.25, -0.2) is 0 Å². The van der Waals surface area contributed by atoms with Crippen LogP contribution in [0.25, 0.3) is 11.3 Å². The minimum atomic E-state index is -0.720. The second-order valence-corrected chi connectivity index (χ2v) is 6.56. The summed E-state index contributed by atoms with van der Waals surface area (Å²) in [4.78, 5) is 24.7. The third-order valence-electron chi connectivity index (χ3n) is 4.36. The number of hydrogen-bond acceptors (Lipinski definition) is 4. The molecule has 0 aliphatic rings. The van der Waals surface area contributed by atoms with Crippen molar-refractivity contribution in [2.24, 2.45) is 5.73 Å². The lowest BCUT2D eigenvalue weighted by Gasteiger charge is -2.13. The molecular weight excluding hydrogens is 368 g/mol. The Labute approximate surface area is 168 Å². The van der Waals surface area contributed by atoms with Crippen molar-refractivity contribution in [3.63, 3.8) is 0 Å². The Kier molecular flexibility index (Phi) is 6.03. The number of amidine groups is 1. The summed E-state index contributed by atoms with van der Waals surface area (Å²) in [6, 6.07) is 17.4. The zero-order valence-electron chi connectivity index (χ0n) is 15.9. The molecular formula is C21H22N6O2. The van der Waals surface area contributed by atoms with Gasteiger partial charge in [0.1, 0.15) is 17.6 Å². The van der Waals surface area contributed by atoms with Gasteiger partial charge in [0.15, 0.2) is 0 Å². The van der Waals surface area contributed by atoms with Crippen LogP contribution in [-0.4, -0.2) is 33.9 Å². The number of nitrogens with one attached hydrogen (secondary N) is 4. The van der Waals surface area contributed by atoms with Gasteiger partial charge in [-0.2, -0.15) is 5.10 Å². The van der Waals surface area contributed by atoms with Crippen molar-refractivity contribution in [1.82, 2.24) is 20.8 Å². The first kappa shape index (κ1) is 19.8. The van der Waals surface area contributed by atoms with Gasteiger partial charge in [-0.15, -0.1) is 0 Å². The van der Waals surface area contributed by atoms with Gasteiger partial charge in [-0.1, -0.05) is 54.6 Å². The number of carbonyl (C=O) groups is 2. The quantitative estimate of drug-likeness (QED) is 0.310. The minimum absolute atomic E-state index is 0.00820. The van der Waals surface area contributed by atoms with E-state index in [1.54, 1.807) is 37.3 Å². The van der Waals surface area contributed by atoms with E-state index in [-0.39, 0.29) is 17.4 Å². The summed E-state index contributed by atoms with van der Waals surface area (Å²) in [6.07, 6.45) is 0. The molecule has 2 amide bonds. The maximum atomic E-state index is 12.4. The van der Waals surface area contributed by atoms with Crippen molar-refractivity contribution >= 4 is 17.6 Å². The Balaban J connectivity index is 1.53. The molecule has 0 unspecified atom stereocenters. The zero-order valence-corrected chi connectivity index (χ0v) is 15.9. The maximum Gasteiger partial charge on any atom is 0.269 e. The molecule has 3 aromatic rings. The minimum Gasteiger partial charge on any atom is -0.384 e. The van der Waals surface area contributed by atoms with Gasteiger partial charge in [0.05, 0.1) is 5.69 Å². The number of nitrogen functional groups attached to an aromatic ring is 1. The average molecular weight is 390 g/mol. The Bertz CT molecular complexity index is 1010. The topological polar surface area (TPSA) is 137 Å². The Morgan fingerprint density at radius 2 is 1.83 bits per heavy atom. The van der Waals surface area contributed by atoms with E-state index in [0.717, 1.165) is 11.1 Å². The molecule has 3 rings (SSSR count). The van der Waals surface area contributed by atoms with Crippen molar-refractivity contribution in [3.05, 3.63) is 77.5 Å². The monoisotopic (exact) mass is 390 g/mol. The lowest BCUT2D eigenvalue weighted by Crippen LogP contribution is -2.44. The molecule has 0 radical (unpaired) electrons. The Morgan fingerprint density at radius 1 is 1.14 bits per heavy atom. The number of nitrogens with zero attached hydrogens (tertiary/aromatic N) is 1. The molecule has 2 aromatic carbocycles. The van der Waals surface area contributed by atoms with E-state index in [1.807, 2.05) is 30.3 Å². The van der Waals surface area contributed by atoms with Gasteiger partial charge in [0.2, 0.25) is 5.91 Å². The lowest BCUT2D eigenvalue weighted by atomic mass is 10.1. The van der Waals surface area contributed by atoms with E-state index < -0.39 is 11.9 Å². The first-order valence-corrected chi connectivity index (χ1v) is 9.07. The Hall–Kier alpha value is -3.94. The number of aromatic amines is 1. The van der Waals surface area contributed by atoms with Crippen LogP contribution in [0.4, 0.5) is 0 Å². The van der Waals surface area contributed by atoms with Gasteiger partial charge >= 0.3 is 0 Å². The predicted octanol–water partition coefficient (Wildman–Crippen LogP) is 1.80. The van der Waals surface area contributed by atoms with E-state index in [0.29, 0.717) is 17.8 Å². The smallest absolute Gasteiger partial charge is 0.269 e. The van der Waals surface area contributed by atoms with Gasteiger partial charge in [-0.05, 0) is 18.6 Å². The van der Waals surface area contributed by atoms with Crippen molar-refractivity contribution < 1.29 is 9.59 Å². The van der Waals surface area contributed by atoms with Crippen LogP contribution in [0.5, 0.6) is 0 Å². The zero-order chi connectivity index (χ0) is 20.8. The van der Waals surface area contributed by atoms with Crippen LogP contribution in [0, 0.1) is 5.41 Å². The van der Waals surface area contributed by atoms with E-state index in [9.17, 15) is 9.59 Å². The summed E-state index contributed by atoms with van der Waals surface area (Å²) >= 11 is 0. The summed E-state index contributed by atoms with van der Waals surface area (Å²) in [5, 5.41) is 19.6. The van der Waals surface area contributed by atoms with Crippen LogP contribution < -0.4 is 16.4 Å². The third-order valence-corrected chi connectivity index (χ3v) is 4.36. The Morgan fingerprint density at radius 3 is 2.48 bits per heavy atom. The summed E-state index contributed by atoms with van der Waals surface area (Å²) in [7, 11) is 0. The largest absolute Gasteiger partial charge is 0.384 e. The molecule has 0 saturated heterocycles. The maximum absolute atomic E-state index is 12.4. The van der Waals surface area contributed by atoms with Gasteiger partial charge in [-0.3, -0.25) is 20.1 Å². The number of benzene rings is 2. The lowest BCUT2D eigenvalue weighted by molar-refractivity contribution is -0.122. The van der Waals surface area contributed by atoms with Crippen molar-refractivity contribution in [1.29, 1.82) is 5.41 Å². The van der Waals surface area contributed by atoms with E-state index in [4.69, 9.17) is 11.1 Å². The fourth-order valence-corrected chi connectivity index (χ4v) is 2.68.